The zero-order valence-electron chi connectivity index (χ0n) is 13.8. The van der Waals surface area contributed by atoms with Gasteiger partial charge in [0.2, 0.25) is 0 Å². The second kappa shape index (κ2) is 7.03. The van der Waals surface area contributed by atoms with Crippen LogP contribution in [0.25, 0.3) is 10.2 Å². The van der Waals surface area contributed by atoms with E-state index in [0.717, 1.165) is 30.1 Å². The lowest BCUT2D eigenvalue weighted by Gasteiger charge is -2.08. The minimum absolute atomic E-state index is 0.585. The molecule has 1 aliphatic carbocycles. The molecule has 1 saturated carbocycles. The second-order valence-corrected chi connectivity index (χ2v) is 8.85. The first-order valence-electron chi connectivity index (χ1n) is 8.64. The maximum absolute atomic E-state index is 6.34. The Morgan fingerprint density at radius 1 is 1.33 bits per heavy atom. The molecule has 0 bridgehead atoms. The summed E-state index contributed by atoms with van der Waals surface area (Å²) in [5.74, 6) is 0.725. The smallest absolute Gasteiger partial charge is 0.131 e. The van der Waals surface area contributed by atoms with Gasteiger partial charge in [0.25, 0.3) is 0 Å². The molecule has 4 rings (SSSR count). The number of aromatic nitrogens is 1. The van der Waals surface area contributed by atoms with Gasteiger partial charge in [0.05, 0.1) is 15.9 Å². The molecule has 126 valence electrons. The van der Waals surface area contributed by atoms with Crippen molar-refractivity contribution in [2.45, 2.75) is 51.5 Å². The van der Waals surface area contributed by atoms with Gasteiger partial charge >= 0.3 is 0 Å². The molecule has 5 heteroatoms. The standard InChI is InChI=1S/C19H21ClN2S2/c1-2-14-17-19(24-18(14)12-6-3-4-7-12)15(10-16(20)22-17)21-11-13-8-5-9-23-13/h5,8-10,12H,2-4,6-7,11H2,1H3,(H,21,22). The lowest BCUT2D eigenvalue weighted by molar-refractivity contribution is 0.730. The molecular formula is C19H21ClN2S2. The maximum Gasteiger partial charge on any atom is 0.131 e. The van der Waals surface area contributed by atoms with Gasteiger partial charge in [0, 0.05) is 22.4 Å². The normalized spacial score (nSPS) is 15.4. The van der Waals surface area contributed by atoms with Crippen LogP contribution in [-0.4, -0.2) is 4.98 Å². The van der Waals surface area contributed by atoms with Crippen LogP contribution in [0, 0.1) is 0 Å². The van der Waals surface area contributed by atoms with Crippen molar-refractivity contribution >= 4 is 50.2 Å². The van der Waals surface area contributed by atoms with E-state index in [1.165, 1.54) is 40.8 Å². The van der Waals surface area contributed by atoms with Gasteiger partial charge in [-0.25, -0.2) is 4.98 Å². The van der Waals surface area contributed by atoms with E-state index in [-0.39, 0.29) is 0 Å². The van der Waals surface area contributed by atoms with Crippen molar-refractivity contribution in [2.24, 2.45) is 0 Å². The van der Waals surface area contributed by atoms with Crippen molar-refractivity contribution in [3.8, 4) is 0 Å². The van der Waals surface area contributed by atoms with E-state index in [9.17, 15) is 0 Å². The SMILES string of the molecule is CCc1c(C2CCCC2)sc2c(NCc3cccs3)cc(Cl)nc12. The lowest BCUT2D eigenvalue weighted by Crippen LogP contribution is -1.98. The average Bonchev–Trinajstić information content (AvgIpc) is 3.31. The van der Waals surface area contributed by atoms with E-state index in [1.807, 2.05) is 17.4 Å². The number of pyridine rings is 1. The van der Waals surface area contributed by atoms with Crippen molar-refractivity contribution < 1.29 is 0 Å². The molecule has 1 N–H and O–H groups in total. The van der Waals surface area contributed by atoms with Gasteiger partial charge in [-0.15, -0.1) is 22.7 Å². The first kappa shape index (κ1) is 16.4. The third-order valence-electron chi connectivity index (χ3n) is 4.85. The number of fused-ring (bicyclic) bond motifs is 1. The molecule has 0 spiro atoms. The topological polar surface area (TPSA) is 24.9 Å². The average molecular weight is 377 g/mol. The van der Waals surface area contributed by atoms with E-state index < -0.39 is 0 Å². The molecule has 0 radical (unpaired) electrons. The first-order chi connectivity index (χ1) is 11.8. The van der Waals surface area contributed by atoms with Gasteiger partial charge < -0.3 is 5.32 Å². The van der Waals surface area contributed by atoms with Crippen molar-refractivity contribution in [3.05, 3.63) is 44.1 Å². The van der Waals surface area contributed by atoms with Crippen LogP contribution in [0.5, 0.6) is 0 Å². The highest BCUT2D eigenvalue weighted by Gasteiger charge is 2.25. The Labute approximate surface area is 155 Å². The van der Waals surface area contributed by atoms with Crippen molar-refractivity contribution in [3.63, 3.8) is 0 Å². The summed E-state index contributed by atoms with van der Waals surface area (Å²) in [6, 6.07) is 6.23. The highest BCUT2D eigenvalue weighted by atomic mass is 35.5. The summed E-state index contributed by atoms with van der Waals surface area (Å²) in [4.78, 5) is 7.57. The van der Waals surface area contributed by atoms with Gasteiger partial charge in [-0.2, -0.15) is 0 Å². The summed E-state index contributed by atoms with van der Waals surface area (Å²) in [5, 5.41) is 6.28. The van der Waals surface area contributed by atoms with Crippen LogP contribution in [0.15, 0.2) is 23.6 Å². The molecule has 0 amide bonds. The number of thiophene rings is 2. The number of hydrogen-bond acceptors (Lipinski definition) is 4. The maximum atomic E-state index is 6.34. The Hall–Kier alpha value is -1.10. The lowest BCUT2D eigenvalue weighted by atomic mass is 10.0. The molecule has 3 heterocycles. The zero-order chi connectivity index (χ0) is 16.5. The molecule has 3 aromatic heterocycles. The van der Waals surface area contributed by atoms with E-state index in [1.54, 1.807) is 16.2 Å². The molecule has 0 aliphatic heterocycles. The molecular weight excluding hydrogens is 356 g/mol. The van der Waals surface area contributed by atoms with Crippen LogP contribution in [0.3, 0.4) is 0 Å². The Kier molecular flexibility index (Phi) is 4.79. The molecule has 0 atom stereocenters. The number of rotatable bonds is 5. The van der Waals surface area contributed by atoms with Crippen LogP contribution < -0.4 is 5.32 Å². The third kappa shape index (κ3) is 3.07. The van der Waals surface area contributed by atoms with E-state index in [4.69, 9.17) is 11.6 Å². The Morgan fingerprint density at radius 2 is 2.17 bits per heavy atom. The van der Waals surface area contributed by atoms with E-state index in [2.05, 4.69) is 34.7 Å². The molecule has 2 nitrogen and oxygen atoms in total. The minimum Gasteiger partial charge on any atom is -0.379 e. The van der Waals surface area contributed by atoms with Gasteiger partial charge in [0.15, 0.2) is 0 Å². The largest absolute Gasteiger partial charge is 0.379 e. The minimum atomic E-state index is 0.585. The fourth-order valence-electron chi connectivity index (χ4n) is 3.68. The third-order valence-corrected chi connectivity index (χ3v) is 7.34. The summed E-state index contributed by atoms with van der Waals surface area (Å²) < 4.78 is 1.27. The number of nitrogens with zero attached hydrogens (tertiary/aromatic N) is 1. The van der Waals surface area contributed by atoms with Gasteiger partial charge in [-0.05, 0) is 42.2 Å². The quantitative estimate of drug-likeness (QED) is 0.493. The predicted octanol–water partition coefficient (Wildman–Crippen LogP) is 6.84. The summed E-state index contributed by atoms with van der Waals surface area (Å²) in [7, 11) is 0. The zero-order valence-corrected chi connectivity index (χ0v) is 16.2. The highest BCUT2D eigenvalue weighted by Crippen LogP contribution is 2.45. The fourth-order valence-corrected chi connectivity index (χ4v) is 6.02. The highest BCUT2D eigenvalue weighted by molar-refractivity contribution is 7.20. The molecule has 0 saturated heterocycles. The van der Waals surface area contributed by atoms with E-state index >= 15 is 0 Å². The van der Waals surface area contributed by atoms with Crippen molar-refractivity contribution in [1.82, 2.24) is 4.98 Å². The second-order valence-electron chi connectivity index (χ2n) is 6.38. The number of nitrogens with one attached hydrogen (secondary N) is 1. The summed E-state index contributed by atoms with van der Waals surface area (Å²) in [6.45, 7) is 3.08. The van der Waals surface area contributed by atoms with Crippen LogP contribution in [0.1, 0.15) is 53.8 Å². The van der Waals surface area contributed by atoms with Crippen LogP contribution in [-0.2, 0) is 13.0 Å². The number of halogens is 1. The van der Waals surface area contributed by atoms with Gasteiger partial charge in [0.1, 0.15) is 5.15 Å². The first-order valence-corrected chi connectivity index (χ1v) is 10.7. The molecule has 3 aromatic rings. The molecule has 0 aromatic carbocycles. The van der Waals surface area contributed by atoms with Gasteiger partial charge in [-0.3, -0.25) is 0 Å². The molecule has 0 unspecified atom stereocenters. The van der Waals surface area contributed by atoms with Crippen LogP contribution in [0.2, 0.25) is 5.15 Å². The Balaban J connectivity index is 1.75. The van der Waals surface area contributed by atoms with Crippen molar-refractivity contribution in [1.29, 1.82) is 0 Å². The number of hydrogen-bond donors (Lipinski definition) is 1. The predicted molar refractivity (Wildman–Crippen MR) is 107 cm³/mol. The number of aryl methyl sites for hydroxylation is 1. The summed E-state index contributed by atoms with van der Waals surface area (Å²) in [5.41, 5.74) is 3.66. The van der Waals surface area contributed by atoms with E-state index in [0.29, 0.717) is 5.15 Å². The Bertz CT molecular complexity index is 833. The van der Waals surface area contributed by atoms with Gasteiger partial charge in [-0.1, -0.05) is 37.4 Å². The summed E-state index contributed by atoms with van der Waals surface area (Å²) >= 11 is 10.1. The monoisotopic (exact) mass is 376 g/mol. The molecule has 1 aliphatic rings. The summed E-state index contributed by atoms with van der Waals surface area (Å²) in [6.07, 6.45) is 6.40. The fraction of sp³-hybridized carbons (Fsp3) is 0.421. The Morgan fingerprint density at radius 3 is 2.88 bits per heavy atom. The van der Waals surface area contributed by atoms with Crippen LogP contribution >= 0.6 is 34.3 Å². The van der Waals surface area contributed by atoms with Crippen LogP contribution in [0.4, 0.5) is 5.69 Å². The molecule has 1 fully saturated rings. The number of anilines is 1. The van der Waals surface area contributed by atoms with Crippen molar-refractivity contribution in [2.75, 3.05) is 5.32 Å². The molecule has 24 heavy (non-hydrogen) atoms.